The Bertz CT molecular complexity index is 348. The molecule has 0 aliphatic carbocycles. The Labute approximate surface area is 77.1 Å². The molecular formula is C10H10N2O. The van der Waals surface area contributed by atoms with E-state index in [0.717, 1.165) is 5.01 Å². The molecule has 0 atom stereocenters. The second-order valence-corrected chi connectivity index (χ2v) is 2.40. The highest BCUT2D eigenvalue weighted by Crippen LogP contribution is 2.00. The molecule has 1 rings (SSSR count). The summed E-state index contributed by atoms with van der Waals surface area (Å²) in [5, 5.41) is 0.884. The Balaban J connectivity index is 2.84. The molecule has 1 aromatic rings. The van der Waals surface area contributed by atoms with Gasteiger partial charge in [-0.1, -0.05) is 24.1 Å². The molecular weight excluding hydrogens is 164 g/mol. The van der Waals surface area contributed by atoms with Crippen molar-refractivity contribution in [1.29, 1.82) is 0 Å². The number of benzene rings is 1. The van der Waals surface area contributed by atoms with Crippen LogP contribution in [-0.4, -0.2) is 10.9 Å². The van der Waals surface area contributed by atoms with Crippen LogP contribution in [-0.2, 0) is 0 Å². The van der Waals surface area contributed by atoms with Gasteiger partial charge in [-0.3, -0.25) is 4.79 Å². The fraction of sp³-hybridized carbons (Fsp3) is 0.100. The van der Waals surface area contributed by atoms with Crippen LogP contribution in [0.5, 0.6) is 0 Å². The van der Waals surface area contributed by atoms with Crippen molar-refractivity contribution >= 4 is 5.91 Å². The largest absolute Gasteiger partial charge is 0.279 e. The van der Waals surface area contributed by atoms with E-state index < -0.39 is 0 Å². The Hall–Kier alpha value is -1.79. The van der Waals surface area contributed by atoms with Crippen LogP contribution in [0.25, 0.3) is 0 Å². The zero-order chi connectivity index (χ0) is 9.68. The number of nitrogens with zero attached hydrogens (tertiary/aromatic N) is 1. The van der Waals surface area contributed by atoms with Gasteiger partial charge in [0.05, 0.1) is 0 Å². The van der Waals surface area contributed by atoms with Crippen molar-refractivity contribution in [2.45, 2.75) is 6.92 Å². The Kier molecular flexibility index (Phi) is 3.07. The second-order valence-electron chi connectivity index (χ2n) is 2.40. The summed E-state index contributed by atoms with van der Waals surface area (Å²) in [7, 11) is 0. The summed E-state index contributed by atoms with van der Waals surface area (Å²) >= 11 is 0. The van der Waals surface area contributed by atoms with Gasteiger partial charge in [0.1, 0.15) is 0 Å². The van der Waals surface area contributed by atoms with E-state index in [2.05, 4.69) is 12.0 Å². The maximum atomic E-state index is 11.4. The number of carbonyl (C=O) groups excluding carboxylic acids is 1. The molecule has 1 aromatic carbocycles. The number of nitrogens with two attached hydrogens (primary N) is 1. The van der Waals surface area contributed by atoms with Gasteiger partial charge in [-0.2, -0.15) is 5.01 Å². The van der Waals surface area contributed by atoms with E-state index in [1.807, 2.05) is 6.07 Å². The minimum absolute atomic E-state index is 0.296. The number of hydrogen-bond acceptors (Lipinski definition) is 2. The van der Waals surface area contributed by atoms with Crippen molar-refractivity contribution < 1.29 is 4.79 Å². The quantitative estimate of drug-likeness (QED) is 0.227. The molecule has 0 heterocycles. The summed E-state index contributed by atoms with van der Waals surface area (Å²) in [6.07, 6.45) is 0. The van der Waals surface area contributed by atoms with E-state index >= 15 is 0 Å². The number of rotatable bonds is 1. The van der Waals surface area contributed by atoms with Gasteiger partial charge < -0.3 is 0 Å². The number of carbonyl (C=O) groups is 1. The lowest BCUT2D eigenvalue weighted by Gasteiger charge is -2.07. The van der Waals surface area contributed by atoms with Gasteiger partial charge in [0.2, 0.25) is 0 Å². The number of amides is 1. The third-order valence-corrected chi connectivity index (χ3v) is 1.47. The van der Waals surface area contributed by atoms with Crippen molar-refractivity contribution in [3.63, 3.8) is 0 Å². The highest BCUT2D eigenvalue weighted by Gasteiger charge is 2.08. The average Bonchev–Trinajstić information content (AvgIpc) is 2.18. The third-order valence-electron chi connectivity index (χ3n) is 1.47. The topological polar surface area (TPSA) is 46.3 Å². The maximum Gasteiger partial charge on any atom is 0.279 e. The summed E-state index contributed by atoms with van der Waals surface area (Å²) in [6, 6.07) is 11.2. The van der Waals surface area contributed by atoms with Gasteiger partial charge in [0, 0.05) is 11.6 Å². The van der Waals surface area contributed by atoms with Crippen molar-refractivity contribution in [1.82, 2.24) is 5.01 Å². The molecule has 3 heteroatoms. The van der Waals surface area contributed by atoms with E-state index in [0.29, 0.717) is 5.56 Å². The van der Waals surface area contributed by atoms with Gasteiger partial charge >= 0.3 is 0 Å². The van der Waals surface area contributed by atoms with Crippen LogP contribution in [0, 0.1) is 12.0 Å². The van der Waals surface area contributed by atoms with Crippen LogP contribution in [0.1, 0.15) is 17.3 Å². The molecule has 66 valence electrons. The second kappa shape index (κ2) is 4.29. The number of hydrazine groups is 1. The SMILES string of the molecule is CC#CN(N)C(=O)c1ccccc1. The summed E-state index contributed by atoms with van der Waals surface area (Å²) in [5.41, 5.74) is 0.535. The van der Waals surface area contributed by atoms with Crippen molar-refractivity contribution in [3.8, 4) is 12.0 Å². The molecule has 0 spiro atoms. The van der Waals surface area contributed by atoms with Crippen LogP contribution in [0.2, 0.25) is 0 Å². The lowest BCUT2D eigenvalue weighted by molar-refractivity contribution is 0.0834. The third kappa shape index (κ3) is 2.32. The van der Waals surface area contributed by atoms with E-state index in [4.69, 9.17) is 5.84 Å². The van der Waals surface area contributed by atoms with Crippen LogP contribution in [0.15, 0.2) is 30.3 Å². The first kappa shape index (κ1) is 9.30. The van der Waals surface area contributed by atoms with Crippen LogP contribution < -0.4 is 5.84 Å². The van der Waals surface area contributed by atoms with Crippen LogP contribution in [0.3, 0.4) is 0 Å². The van der Waals surface area contributed by atoms with Crippen molar-refractivity contribution in [2.24, 2.45) is 5.84 Å². The van der Waals surface area contributed by atoms with Gasteiger partial charge in [-0.25, -0.2) is 5.84 Å². The molecule has 13 heavy (non-hydrogen) atoms. The van der Waals surface area contributed by atoms with E-state index in [1.165, 1.54) is 0 Å². The van der Waals surface area contributed by atoms with E-state index in [1.54, 1.807) is 31.2 Å². The normalized spacial score (nSPS) is 8.46. The zero-order valence-electron chi connectivity index (χ0n) is 7.32. The highest BCUT2D eigenvalue weighted by atomic mass is 16.2. The Morgan fingerprint density at radius 2 is 2.00 bits per heavy atom. The predicted octanol–water partition coefficient (Wildman–Crippen LogP) is 0.983. The van der Waals surface area contributed by atoms with Crippen molar-refractivity contribution in [3.05, 3.63) is 35.9 Å². The standard InChI is InChI=1S/C10H10N2O/c1-2-8-12(11)10(13)9-6-4-3-5-7-9/h3-7H,11H2,1H3. The van der Waals surface area contributed by atoms with E-state index in [-0.39, 0.29) is 5.91 Å². The lowest BCUT2D eigenvalue weighted by atomic mass is 10.2. The molecule has 3 nitrogen and oxygen atoms in total. The maximum absolute atomic E-state index is 11.4. The molecule has 1 amide bonds. The first-order valence-electron chi connectivity index (χ1n) is 3.82. The first-order chi connectivity index (χ1) is 6.25. The average molecular weight is 174 g/mol. The molecule has 0 aliphatic rings. The van der Waals surface area contributed by atoms with Gasteiger partial charge in [0.25, 0.3) is 5.91 Å². The molecule has 2 N–H and O–H groups in total. The van der Waals surface area contributed by atoms with Crippen LogP contribution >= 0.6 is 0 Å². The summed E-state index contributed by atoms with van der Waals surface area (Å²) in [4.78, 5) is 11.4. The first-order valence-corrected chi connectivity index (χ1v) is 3.82. The minimum atomic E-state index is -0.296. The predicted molar refractivity (Wildman–Crippen MR) is 50.2 cm³/mol. The molecule has 0 unspecified atom stereocenters. The molecule has 0 fully saturated rings. The lowest BCUT2D eigenvalue weighted by Crippen LogP contribution is -2.32. The molecule has 0 aliphatic heterocycles. The van der Waals surface area contributed by atoms with Crippen molar-refractivity contribution in [2.75, 3.05) is 0 Å². The van der Waals surface area contributed by atoms with Gasteiger partial charge in [-0.15, -0.1) is 0 Å². The molecule has 0 bridgehead atoms. The van der Waals surface area contributed by atoms with Gasteiger partial charge in [0.15, 0.2) is 0 Å². The fourth-order valence-corrected chi connectivity index (χ4v) is 0.891. The summed E-state index contributed by atoms with van der Waals surface area (Å²) < 4.78 is 0. The Morgan fingerprint density at radius 3 is 2.54 bits per heavy atom. The molecule has 0 aromatic heterocycles. The Morgan fingerprint density at radius 1 is 1.38 bits per heavy atom. The number of hydrogen-bond donors (Lipinski definition) is 1. The smallest absolute Gasteiger partial charge is 0.267 e. The summed E-state index contributed by atoms with van der Waals surface area (Å²) in [5.74, 6) is 7.62. The molecule has 0 saturated carbocycles. The van der Waals surface area contributed by atoms with Crippen LogP contribution in [0.4, 0.5) is 0 Å². The van der Waals surface area contributed by atoms with Gasteiger partial charge in [-0.05, 0) is 19.1 Å². The molecule has 0 saturated heterocycles. The molecule has 0 radical (unpaired) electrons. The zero-order valence-corrected chi connectivity index (χ0v) is 7.32. The minimum Gasteiger partial charge on any atom is -0.267 e. The highest BCUT2D eigenvalue weighted by molar-refractivity contribution is 5.94. The summed E-state index contributed by atoms with van der Waals surface area (Å²) in [6.45, 7) is 1.62. The fourth-order valence-electron chi connectivity index (χ4n) is 0.891. The monoisotopic (exact) mass is 174 g/mol. The van der Waals surface area contributed by atoms with E-state index in [9.17, 15) is 4.79 Å².